The molecule has 2 aromatic rings. The molecule has 2 rings (SSSR count). The molecule has 2 heterocycles. The van der Waals surface area contributed by atoms with E-state index >= 15 is 0 Å². The molecule has 7 nitrogen and oxygen atoms in total. The van der Waals surface area contributed by atoms with Gasteiger partial charge in [0.25, 0.3) is 10.0 Å². The minimum absolute atomic E-state index is 0.0659. The zero-order chi connectivity index (χ0) is 15.5. The molecule has 0 unspecified atom stereocenters. The third kappa shape index (κ3) is 3.41. The van der Waals surface area contributed by atoms with Gasteiger partial charge in [0.1, 0.15) is 0 Å². The van der Waals surface area contributed by atoms with Gasteiger partial charge in [0, 0.05) is 32.2 Å². The number of pyridine rings is 2. The molecule has 0 atom stereocenters. The fourth-order valence-electron chi connectivity index (χ4n) is 1.65. The highest BCUT2D eigenvalue weighted by Gasteiger charge is 2.22. The molecule has 0 aromatic carbocycles. The summed E-state index contributed by atoms with van der Waals surface area (Å²) in [6, 6.07) is 5.87. The molecule has 0 aliphatic rings. The highest BCUT2D eigenvalue weighted by atomic mass is 32.2. The largest absolute Gasteiger partial charge is 0.478 e. The van der Waals surface area contributed by atoms with Crippen LogP contribution in [0.4, 0.5) is 0 Å². The van der Waals surface area contributed by atoms with Crippen LogP contribution in [-0.4, -0.2) is 40.8 Å². The van der Waals surface area contributed by atoms with Crippen LogP contribution in [0.3, 0.4) is 0 Å². The molecular formula is C13H13N3O4S. The fourth-order valence-corrected chi connectivity index (χ4v) is 2.72. The van der Waals surface area contributed by atoms with Gasteiger partial charge in [-0.1, -0.05) is 6.07 Å². The van der Waals surface area contributed by atoms with Crippen LogP contribution in [0.5, 0.6) is 0 Å². The van der Waals surface area contributed by atoms with E-state index in [0.717, 1.165) is 16.1 Å². The van der Waals surface area contributed by atoms with Crippen molar-refractivity contribution >= 4 is 16.0 Å². The summed E-state index contributed by atoms with van der Waals surface area (Å²) in [5.74, 6) is -1.16. The van der Waals surface area contributed by atoms with Crippen molar-refractivity contribution < 1.29 is 18.3 Å². The van der Waals surface area contributed by atoms with Crippen LogP contribution in [0.15, 0.2) is 47.9 Å². The second kappa shape index (κ2) is 5.98. The Labute approximate surface area is 121 Å². The average molecular weight is 307 g/mol. The summed E-state index contributed by atoms with van der Waals surface area (Å²) >= 11 is 0. The van der Waals surface area contributed by atoms with Crippen LogP contribution < -0.4 is 0 Å². The summed E-state index contributed by atoms with van der Waals surface area (Å²) in [7, 11) is -2.35. The predicted octanol–water partition coefficient (Wildman–Crippen LogP) is 0.996. The zero-order valence-corrected chi connectivity index (χ0v) is 12.0. The Bertz CT molecular complexity index is 730. The smallest absolute Gasteiger partial charge is 0.337 e. The summed E-state index contributed by atoms with van der Waals surface area (Å²) in [4.78, 5) is 18.4. The number of carbonyl (C=O) groups is 1. The van der Waals surface area contributed by atoms with Gasteiger partial charge in [0.15, 0.2) is 5.03 Å². The van der Waals surface area contributed by atoms with Gasteiger partial charge in [-0.25, -0.2) is 18.2 Å². The van der Waals surface area contributed by atoms with E-state index in [1.54, 1.807) is 24.5 Å². The first-order valence-corrected chi connectivity index (χ1v) is 7.40. The first-order chi connectivity index (χ1) is 9.91. The second-order valence-corrected chi connectivity index (χ2v) is 6.30. The number of carboxylic acid groups (broad SMARTS) is 1. The van der Waals surface area contributed by atoms with Gasteiger partial charge in [0.05, 0.1) is 5.56 Å². The maximum absolute atomic E-state index is 12.3. The summed E-state index contributed by atoms with van der Waals surface area (Å²) in [5, 5.41) is 8.58. The lowest BCUT2D eigenvalue weighted by Crippen LogP contribution is -2.27. The van der Waals surface area contributed by atoms with Gasteiger partial charge in [-0.2, -0.15) is 4.31 Å². The Kier molecular flexibility index (Phi) is 4.29. The van der Waals surface area contributed by atoms with Crippen molar-refractivity contribution in [1.29, 1.82) is 0 Å². The van der Waals surface area contributed by atoms with E-state index in [9.17, 15) is 13.2 Å². The van der Waals surface area contributed by atoms with Crippen LogP contribution in [0.2, 0.25) is 0 Å². The number of sulfonamides is 1. The molecule has 8 heteroatoms. The van der Waals surface area contributed by atoms with Gasteiger partial charge < -0.3 is 5.11 Å². The third-order valence-electron chi connectivity index (χ3n) is 2.79. The molecule has 1 N–H and O–H groups in total. The van der Waals surface area contributed by atoms with Crippen molar-refractivity contribution in [3.05, 3.63) is 54.0 Å². The molecule has 0 fully saturated rings. The summed E-state index contributed by atoms with van der Waals surface area (Å²) < 4.78 is 25.8. The number of carboxylic acids is 1. The Morgan fingerprint density at radius 3 is 2.57 bits per heavy atom. The van der Waals surface area contributed by atoms with E-state index in [-0.39, 0.29) is 17.1 Å². The van der Waals surface area contributed by atoms with Gasteiger partial charge in [-0.15, -0.1) is 0 Å². The maximum atomic E-state index is 12.3. The molecule has 0 amide bonds. The molecular weight excluding hydrogens is 294 g/mol. The standard InChI is InChI=1S/C13H13N3O4S/c1-16(9-10-3-2-6-14-7-10)21(19,20)12-5-4-11(8-15-12)13(17)18/h2-8H,9H2,1H3,(H,17,18). The summed E-state index contributed by atoms with van der Waals surface area (Å²) in [5.41, 5.74) is 0.676. The van der Waals surface area contributed by atoms with Crippen molar-refractivity contribution in [2.75, 3.05) is 7.05 Å². The van der Waals surface area contributed by atoms with Crippen molar-refractivity contribution in [2.24, 2.45) is 0 Å². The normalized spacial score (nSPS) is 11.5. The van der Waals surface area contributed by atoms with Crippen LogP contribution in [0, 0.1) is 0 Å². The Balaban J connectivity index is 2.22. The van der Waals surface area contributed by atoms with E-state index in [1.165, 1.54) is 19.2 Å². The van der Waals surface area contributed by atoms with Gasteiger partial charge in [-0.3, -0.25) is 4.98 Å². The highest BCUT2D eigenvalue weighted by molar-refractivity contribution is 7.89. The first kappa shape index (κ1) is 15.1. The molecule has 0 aliphatic carbocycles. The molecule has 0 bridgehead atoms. The minimum atomic E-state index is -3.78. The zero-order valence-electron chi connectivity index (χ0n) is 11.2. The van der Waals surface area contributed by atoms with Crippen LogP contribution in [-0.2, 0) is 16.6 Å². The monoisotopic (exact) mass is 307 g/mol. The summed E-state index contributed by atoms with van der Waals surface area (Å²) in [6.45, 7) is 0.151. The lowest BCUT2D eigenvalue weighted by atomic mass is 10.3. The SMILES string of the molecule is CN(Cc1cccnc1)S(=O)(=O)c1ccc(C(=O)O)cn1. The van der Waals surface area contributed by atoms with Crippen molar-refractivity contribution in [3.63, 3.8) is 0 Å². The number of nitrogens with zero attached hydrogens (tertiary/aromatic N) is 3. The number of hydrogen-bond donors (Lipinski definition) is 1. The second-order valence-electron chi connectivity index (χ2n) is 4.31. The van der Waals surface area contributed by atoms with Crippen LogP contribution >= 0.6 is 0 Å². The molecule has 0 spiro atoms. The van der Waals surface area contributed by atoms with E-state index in [1.807, 2.05) is 0 Å². The maximum Gasteiger partial charge on any atom is 0.337 e. The number of rotatable bonds is 5. The molecule has 0 radical (unpaired) electrons. The third-order valence-corrected chi connectivity index (χ3v) is 4.51. The van der Waals surface area contributed by atoms with Gasteiger partial charge >= 0.3 is 5.97 Å². The van der Waals surface area contributed by atoms with Crippen molar-refractivity contribution in [2.45, 2.75) is 11.6 Å². The topological polar surface area (TPSA) is 100 Å². The minimum Gasteiger partial charge on any atom is -0.478 e. The molecule has 0 saturated carbocycles. The number of aromatic nitrogens is 2. The summed E-state index contributed by atoms with van der Waals surface area (Å²) in [6.07, 6.45) is 4.20. The Morgan fingerprint density at radius 2 is 2.05 bits per heavy atom. The lowest BCUT2D eigenvalue weighted by Gasteiger charge is -2.16. The van der Waals surface area contributed by atoms with E-state index in [4.69, 9.17) is 5.11 Å². The molecule has 0 aliphatic heterocycles. The van der Waals surface area contributed by atoms with Crippen LogP contribution in [0.25, 0.3) is 0 Å². The number of hydrogen-bond acceptors (Lipinski definition) is 5. The Morgan fingerprint density at radius 1 is 1.29 bits per heavy atom. The highest BCUT2D eigenvalue weighted by Crippen LogP contribution is 2.14. The van der Waals surface area contributed by atoms with Gasteiger partial charge in [0.2, 0.25) is 0 Å². The molecule has 21 heavy (non-hydrogen) atoms. The Hall–Kier alpha value is -2.32. The van der Waals surface area contributed by atoms with E-state index < -0.39 is 16.0 Å². The number of aromatic carboxylic acids is 1. The van der Waals surface area contributed by atoms with Gasteiger partial charge in [-0.05, 0) is 23.8 Å². The predicted molar refractivity (Wildman–Crippen MR) is 74.1 cm³/mol. The fraction of sp³-hybridized carbons (Fsp3) is 0.154. The van der Waals surface area contributed by atoms with E-state index in [0.29, 0.717) is 0 Å². The van der Waals surface area contributed by atoms with Crippen molar-refractivity contribution in [1.82, 2.24) is 14.3 Å². The molecule has 0 saturated heterocycles. The average Bonchev–Trinajstić information content (AvgIpc) is 2.48. The van der Waals surface area contributed by atoms with Crippen molar-refractivity contribution in [3.8, 4) is 0 Å². The van der Waals surface area contributed by atoms with Crippen LogP contribution in [0.1, 0.15) is 15.9 Å². The molecule has 110 valence electrons. The van der Waals surface area contributed by atoms with E-state index in [2.05, 4.69) is 9.97 Å². The lowest BCUT2D eigenvalue weighted by molar-refractivity contribution is 0.0696. The quantitative estimate of drug-likeness (QED) is 0.884. The molecule has 2 aromatic heterocycles. The first-order valence-electron chi connectivity index (χ1n) is 5.96.